The number of carbonyl (C=O) groups excluding carboxylic acids is 1. The standard InChI is InChI=1S/C18H20ClNO2/c1-11-5-6-13(3)18(14(11)4)22-10-17(21)20-16-9-15(19)8-7-12(16)2/h5-9H,10H2,1-4H3,(H,20,21). The summed E-state index contributed by atoms with van der Waals surface area (Å²) in [6, 6.07) is 9.44. The summed E-state index contributed by atoms with van der Waals surface area (Å²) >= 11 is 5.95. The van der Waals surface area contributed by atoms with Crippen molar-refractivity contribution in [2.24, 2.45) is 0 Å². The second-order valence-electron chi connectivity index (χ2n) is 5.45. The molecular formula is C18H20ClNO2. The molecule has 2 aromatic carbocycles. The Hall–Kier alpha value is -2.00. The van der Waals surface area contributed by atoms with E-state index in [1.807, 2.05) is 45.9 Å². The molecule has 3 nitrogen and oxygen atoms in total. The second kappa shape index (κ2) is 6.84. The van der Waals surface area contributed by atoms with Crippen LogP contribution in [-0.4, -0.2) is 12.5 Å². The number of nitrogens with one attached hydrogen (secondary N) is 1. The Kier molecular flexibility index (Phi) is 5.09. The third kappa shape index (κ3) is 3.80. The van der Waals surface area contributed by atoms with Gasteiger partial charge in [-0.1, -0.05) is 29.8 Å². The largest absolute Gasteiger partial charge is 0.483 e. The van der Waals surface area contributed by atoms with Gasteiger partial charge < -0.3 is 10.1 Å². The van der Waals surface area contributed by atoms with Crippen LogP contribution in [0.3, 0.4) is 0 Å². The third-order valence-corrected chi connectivity index (χ3v) is 3.93. The summed E-state index contributed by atoms with van der Waals surface area (Å²) in [6.45, 7) is 7.88. The minimum absolute atomic E-state index is 0.0307. The minimum Gasteiger partial charge on any atom is -0.483 e. The number of benzene rings is 2. The molecule has 0 fully saturated rings. The van der Waals surface area contributed by atoms with Crippen LogP contribution >= 0.6 is 11.6 Å². The van der Waals surface area contributed by atoms with E-state index < -0.39 is 0 Å². The molecule has 4 heteroatoms. The number of carbonyl (C=O) groups is 1. The number of hydrogen-bond donors (Lipinski definition) is 1. The van der Waals surface area contributed by atoms with Crippen LogP contribution < -0.4 is 10.1 Å². The quantitative estimate of drug-likeness (QED) is 0.895. The lowest BCUT2D eigenvalue weighted by molar-refractivity contribution is -0.118. The van der Waals surface area contributed by atoms with Gasteiger partial charge in [0, 0.05) is 10.7 Å². The average molecular weight is 318 g/mol. The van der Waals surface area contributed by atoms with Crippen LogP contribution in [0.1, 0.15) is 22.3 Å². The molecule has 0 aliphatic carbocycles. The highest BCUT2D eigenvalue weighted by molar-refractivity contribution is 6.31. The third-order valence-electron chi connectivity index (χ3n) is 3.69. The summed E-state index contributed by atoms with van der Waals surface area (Å²) in [7, 11) is 0. The smallest absolute Gasteiger partial charge is 0.262 e. The first kappa shape index (κ1) is 16.4. The van der Waals surface area contributed by atoms with Crippen molar-refractivity contribution in [2.45, 2.75) is 27.7 Å². The number of rotatable bonds is 4. The summed E-state index contributed by atoms with van der Waals surface area (Å²) in [5.74, 6) is 0.573. The van der Waals surface area contributed by atoms with Gasteiger partial charge in [-0.25, -0.2) is 0 Å². The van der Waals surface area contributed by atoms with Crippen LogP contribution in [0, 0.1) is 27.7 Å². The predicted molar refractivity (Wildman–Crippen MR) is 91.0 cm³/mol. The van der Waals surface area contributed by atoms with Crippen molar-refractivity contribution in [2.75, 3.05) is 11.9 Å². The van der Waals surface area contributed by atoms with E-state index in [4.69, 9.17) is 16.3 Å². The molecule has 0 heterocycles. The molecular weight excluding hydrogens is 298 g/mol. The molecule has 0 saturated heterocycles. The van der Waals surface area contributed by atoms with Crippen LogP contribution in [0.15, 0.2) is 30.3 Å². The van der Waals surface area contributed by atoms with Gasteiger partial charge in [0.1, 0.15) is 5.75 Å². The van der Waals surface area contributed by atoms with E-state index in [1.54, 1.807) is 12.1 Å². The van der Waals surface area contributed by atoms with Gasteiger partial charge in [-0.15, -0.1) is 0 Å². The summed E-state index contributed by atoms with van der Waals surface area (Å²) in [4.78, 5) is 12.1. The van der Waals surface area contributed by atoms with Gasteiger partial charge >= 0.3 is 0 Å². The molecule has 2 aromatic rings. The first-order valence-corrected chi connectivity index (χ1v) is 7.52. The maximum Gasteiger partial charge on any atom is 0.262 e. The van der Waals surface area contributed by atoms with Gasteiger partial charge in [0.05, 0.1) is 0 Å². The molecule has 0 aliphatic rings. The van der Waals surface area contributed by atoms with Crippen LogP contribution in [0.2, 0.25) is 5.02 Å². The molecule has 0 bridgehead atoms. The van der Waals surface area contributed by atoms with E-state index in [0.29, 0.717) is 10.7 Å². The van der Waals surface area contributed by atoms with Crippen molar-refractivity contribution in [1.29, 1.82) is 0 Å². The molecule has 0 aliphatic heterocycles. The van der Waals surface area contributed by atoms with Gasteiger partial charge in [0.2, 0.25) is 0 Å². The Balaban J connectivity index is 2.05. The monoisotopic (exact) mass is 317 g/mol. The van der Waals surface area contributed by atoms with E-state index in [-0.39, 0.29) is 12.5 Å². The van der Waals surface area contributed by atoms with Gasteiger partial charge in [-0.2, -0.15) is 0 Å². The summed E-state index contributed by atoms with van der Waals surface area (Å²) in [6.07, 6.45) is 0. The fourth-order valence-electron chi connectivity index (χ4n) is 2.20. The van der Waals surface area contributed by atoms with E-state index in [0.717, 1.165) is 28.0 Å². The summed E-state index contributed by atoms with van der Waals surface area (Å²) in [5.41, 5.74) is 4.90. The predicted octanol–water partition coefficient (Wildman–Crippen LogP) is 4.59. The Morgan fingerprint density at radius 1 is 1.05 bits per heavy atom. The highest BCUT2D eigenvalue weighted by atomic mass is 35.5. The van der Waals surface area contributed by atoms with Gasteiger partial charge in [-0.05, 0) is 62.1 Å². The summed E-state index contributed by atoms with van der Waals surface area (Å²) < 4.78 is 5.71. The van der Waals surface area contributed by atoms with E-state index in [9.17, 15) is 4.79 Å². The van der Waals surface area contributed by atoms with Crippen molar-refractivity contribution in [3.63, 3.8) is 0 Å². The van der Waals surface area contributed by atoms with Gasteiger partial charge in [0.15, 0.2) is 6.61 Å². The topological polar surface area (TPSA) is 38.3 Å². The van der Waals surface area contributed by atoms with Crippen molar-refractivity contribution < 1.29 is 9.53 Å². The molecule has 0 atom stereocenters. The number of anilines is 1. The fourth-order valence-corrected chi connectivity index (χ4v) is 2.37. The minimum atomic E-state index is -0.203. The van der Waals surface area contributed by atoms with Crippen LogP contribution in [0.5, 0.6) is 5.75 Å². The molecule has 1 amide bonds. The SMILES string of the molecule is Cc1ccc(Cl)cc1NC(=O)COc1c(C)ccc(C)c1C. The zero-order valence-electron chi connectivity index (χ0n) is 13.3. The van der Waals surface area contributed by atoms with Crippen LogP contribution in [0.25, 0.3) is 0 Å². The molecule has 1 N–H and O–H groups in total. The lowest BCUT2D eigenvalue weighted by Crippen LogP contribution is -2.21. The molecule has 0 aromatic heterocycles. The highest BCUT2D eigenvalue weighted by Crippen LogP contribution is 2.26. The van der Waals surface area contributed by atoms with Gasteiger partial charge in [-0.3, -0.25) is 4.79 Å². The second-order valence-corrected chi connectivity index (χ2v) is 5.89. The number of halogens is 1. The molecule has 0 spiro atoms. The lowest BCUT2D eigenvalue weighted by atomic mass is 10.1. The van der Waals surface area contributed by atoms with Crippen LogP contribution in [0.4, 0.5) is 5.69 Å². The number of amides is 1. The van der Waals surface area contributed by atoms with E-state index in [2.05, 4.69) is 5.32 Å². The van der Waals surface area contributed by atoms with E-state index >= 15 is 0 Å². The Morgan fingerprint density at radius 2 is 1.68 bits per heavy atom. The maximum atomic E-state index is 12.1. The summed E-state index contributed by atoms with van der Waals surface area (Å²) in [5, 5.41) is 3.42. The highest BCUT2D eigenvalue weighted by Gasteiger charge is 2.10. The number of aryl methyl sites for hydroxylation is 3. The molecule has 0 saturated carbocycles. The Labute approximate surface area is 136 Å². The Morgan fingerprint density at radius 3 is 2.41 bits per heavy atom. The van der Waals surface area contributed by atoms with Crippen molar-refractivity contribution in [3.8, 4) is 5.75 Å². The molecule has 0 unspecified atom stereocenters. The number of hydrogen-bond acceptors (Lipinski definition) is 2. The van der Waals surface area contributed by atoms with Crippen LogP contribution in [-0.2, 0) is 4.79 Å². The molecule has 116 valence electrons. The number of ether oxygens (including phenoxy) is 1. The first-order chi connectivity index (χ1) is 10.4. The zero-order chi connectivity index (χ0) is 16.3. The van der Waals surface area contributed by atoms with E-state index in [1.165, 1.54) is 0 Å². The Bertz CT molecular complexity index is 710. The molecule has 22 heavy (non-hydrogen) atoms. The first-order valence-electron chi connectivity index (χ1n) is 7.14. The van der Waals surface area contributed by atoms with Crippen molar-refractivity contribution in [1.82, 2.24) is 0 Å². The molecule has 2 rings (SSSR count). The average Bonchev–Trinajstić information content (AvgIpc) is 2.47. The van der Waals surface area contributed by atoms with Crippen molar-refractivity contribution in [3.05, 3.63) is 57.6 Å². The molecule has 0 radical (unpaired) electrons. The lowest BCUT2D eigenvalue weighted by Gasteiger charge is -2.14. The van der Waals surface area contributed by atoms with Crippen molar-refractivity contribution >= 4 is 23.2 Å². The zero-order valence-corrected chi connectivity index (χ0v) is 14.0. The van der Waals surface area contributed by atoms with Gasteiger partial charge in [0.25, 0.3) is 5.91 Å². The normalized spacial score (nSPS) is 10.4. The fraction of sp³-hybridized carbons (Fsp3) is 0.278. The maximum absolute atomic E-state index is 12.1.